The van der Waals surface area contributed by atoms with E-state index in [4.69, 9.17) is 15.9 Å². The monoisotopic (exact) mass is 350 g/mol. The number of rotatable bonds is 5. The summed E-state index contributed by atoms with van der Waals surface area (Å²) >= 11 is 5.10. The smallest absolute Gasteiger partial charge is 0.141 e. The highest BCUT2D eigenvalue weighted by Crippen LogP contribution is 2.35. The summed E-state index contributed by atoms with van der Waals surface area (Å²) in [6.07, 6.45) is 0. The first-order valence-corrected chi connectivity index (χ1v) is 7.94. The first-order valence-electron chi connectivity index (χ1n) is 6.16. The summed E-state index contributed by atoms with van der Waals surface area (Å²) in [5.74, 6) is 2.23. The lowest BCUT2D eigenvalue weighted by Crippen LogP contribution is -2.13. The second kappa shape index (κ2) is 6.81. The van der Waals surface area contributed by atoms with Gasteiger partial charge in [-0.3, -0.25) is 5.41 Å². The van der Waals surface area contributed by atoms with Crippen LogP contribution in [0.25, 0.3) is 0 Å². The van der Waals surface area contributed by atoms with Crippen molar-refractivity contribution in [2.24, 2.45) is 5.73 Å². The van der Waals surface area contributed by atoms with E-state index in [-0.39, 0.29) is 5.84 Å². The summed E-state index contributed by atoms with van der Waals surface area (Å²) in [6, 6.07) is 13.3. The molecule has 0 fully saturated rings. The lowest BCUT2D eigenvalue weighted by molar-refractivity contribution is 0.477. The third-order valence-corrected chi connectivity index (χ3v) is 4.21. The van der Waals surface area contributed by atoms with Crippen LogP contribution < -0.4 is 10.5 Å². The van der Waals surface area contributed by atoms with E-state index in [1.165, 1.54) is 0 Å². The van der Waals surface area contributed by atoms with Crippen LogP contribution in [0.1, 0.15) is 12.5 Å². The Hall–Kier alpha value is -1.46. The van der Waals surface area contributed by atoms with Crippen LogP contribution in [-0.2, 0) is 0 Å². The predicted molar refractivity (Wildman–Crippen MR) is 88.1 cm³/mol. The van der Waals surface area contributed by atoms with Crippen molar-refractivity contribution in [1.82, 2.24) is 0 Å². The van der Waals surface area contributed by atoms with E-state index in [0.717, 1.165) is 15.1 Å². The molecule has 0 saturated heterocycles. The summed E-state index contributed by atoms with van der Waals surface area (Å²) in [5, 5.41) is 7.79. The van der Waals surface area contributed by atoms with Gasteiger partial charge in [-0.1, -0.05) is 25.1 Å². The molecule has 0 radical (unpaired) electrons. The highest BCUT2D eigenvalue weighted by atomic mass is 79.9. The molecular formula is C15H15BrN2OS. The van der Waals surface area contributed by atoms with Crippen LogP contribution >= 0.6 is 27.7 Å². The SMILES string of the molecule is CCSc1cccc(Oc2ccccc2Br)c1C(=N)N. The molecule has 3 N–H and O–H groups in total. The van der Waals surface area contributed by atoms with E-state index in [9.17, 15) is 0 Å². The van der Waals surface area contributed by atoms with Gasteiger partial charge in [-0.25, -0.2) is 0 Å². The number of para-hydroxylation sites is 1. The fraction of sp³-hybridized carbons (Fsp3) is 0.133. The van der Waals surface area contributed by atoms with Crippen LogP contribution in [0, 0.1) is 5.41 Å². The number of ether oxygens (including phenoxy) is 1. The Kier molecular flexibility index (Phi) is 5.09. The summed E-state index contributed by atoms with van der Waals surface area (Å²) in [7, 11) is 0. The number of benzene rings is 2. The summed E-state index contributed by atoms with van der Waals surface area (Å²) in [5.41, 5.74) is 6.36. The van der Waals surface area contributed by atoms with Crippen LogP contribution in [0.3, 0.4) is 0 Å². The zero-order valence-electron chi connectivity index (χ0n) is 11.0. The van der Waals surface area contributed by atoms with E-state index in [1.807, 2.05) is 42.5 Å². The van der Waals surface area contributed by atoms with Gasteiger partial charge in [0, 0.05) is 4.90 Å². The Labute approximate surface area is 131 Å². The number of hydrogen-bond donors (Lipinski definition) is 2. The van der Waals surface area contributed by atoms with Crippen molar-refractivity contribution in [3.8, 4) is 11.5 Å². The molecule has 5 heteroatoms. The maximum atomic E-state index is 7.79. The molecule has 0 atom stereocenters. The van der Waals surface area contributed by atoms with Crippen molar-refractivity contribution in [3.05, 3.63) is 52.5 Å². The Bertz CT molecular complexity index is 631. The Balaban J connectivity index is 2.44. The molecule has 104 valence electrons. The third-order valence-electron chi connectivity index (χ3n) is 2.61. The summed E-state index contributed by atoms with van der Waals surface area (Å²) in [6.45, 7) is 2.07. The average molecular weight is 351 g/mol. The van der Waals surface area contributed by atoms with Crippen molar-refractivity contribution in [3.63, 3.8) is 0 Å². The number of nitrogens with one attached hydrogen (secondary N) is 1. The van der Waals surface area contributed by atoms with E-state index in [1.54, 1.807) is 11.8 Å². The molecule has 2 aromatic rings. The van der Waals surface area contributed by atoms with Gasteiger partial charge in [0.25, 0.3) is 0 Å². The van der Waals surface area contributed by atoms with Gasteiger partial charge in [0.05, 0.1) is 10.0 Å². The van der Waals surface area contributed by atoms with Gasteiger partial charge in [-0.05, 0) is 45.9 Å². The third kappa shape index (κ3) is 3.35. The van der Waals surface area contributed by atoms with Crippen molar-refractivity contribution in [1.29, 1.82) is 5.41 Å². The highest BCUT2D eigenvalue weighted by Gasteiger charge is 2.14. The average Bonchev–Trinajstić information content (AvgIpc) is 2.41. The zero-order chi connectivity index (χ0) is 14.5. The van der Waals surface area contributed by atoms with Crippen molar-refractivity contribution >= 4 is 33.5 Å². The van der Waals surface area contributed by atoms with Gasteiger partial charge in [0.1, 0.15) is 17.3 Å². The molecule has 0 spiro atoms. The van der Waals surface area contributed by atoms with Crippen molar-refractivity contribution < 1.29 is 4.74 Å². The maximum absolute atomic E-state index is 7.79. The summed E-state index contributed by atoms with van der Waals surface area (Å²) < 4.78 is 6.77. The molecule has 0 saturated carbocycles. The Morgan fingerprint density at radius 3 is 2.55 bits per heavy atom. The zero-order valence-corrected chi connectivity index (χ0v) is 13.4. The molecule has 0 aliphatic rings. The quantitative estimate of drug-likeness (QED) is 0.469. The second-order valence-electron chi connectivity index (χ2n) is 4.01. The summed E-state index contributed by atoms with van der Waals surface area (Å²) in [4.78, 5) is 0.963. The van der Waals surface area contributed by atoms with Crippen LogP contribution in [-0.4, -0.2) is 11.6 Å². The van der Waals surface area contributed by atoms with Gasteiger partial charge in [-0.2, -0.15) is 0 Å². The molecule has 0 heterocycles. The van der Waals surface area contributed by atoms with Gasteiger partial charge in [0.2, 0.25) is 0 Å². The topological polar surface area (TPSA) is 59.1 Å². The van der Waals surface area contributed by atoms with E-state index >= 15 is 0 Å². The molecule has 20 heavy (non-hydrogen) atoms. The first kappa shape index (κ1) is 14.9. The fourth-order valence-electron chi connectivity index (χ4n) is 1.78. The molecule has 3 nitrogen and oxygen atoms in total. The van der Waals surface area contributed by atoms with Crippen LogP contribution in [0.15, 0.2) is 51.8 Å². The number of nitrogen functional groups attached to an aromatic ring is 1. The van der Waals surface area contributed by atoms with Crippen molar-refractivity contribution in [2.75, 3.05) is 5.75 Å². The van der Waals surface area contributed by atoms with Crippen LogP contribution in [0.5, 0.6) is 11.5 Å². The molecule has 0 unspecified atom stereocenters. The lowest BCUT2D eigenvalue weighted by Gasteiger charge is -2.14. The van der Waals surface area contributed by atoms with Gasteiger partial charge >= 0.3 is 0 Å². The van der Waals surface area contributed by atoms with Gasteiger partial charge < -0.3 is 10.5 Å². The normalized spacial score (nSPS) is 10.3. The first-order chi connectivity index (χ1) is 9.63. The maximum Gasteiger partial charge on any atom is 0.141 e. The van der Waals surface area contributed by atoms with Gasteiger partial charge in [-0.15, -0.1) is 11.8 Å². The molecule has 0 aromatic heterocycles. The fourth-order valence-corrected chi connectivity index (χ4v) is 2.99. The van der Waals surface area contributed by atoms with E-state index in [0.29, 0.717) is 17.1 Å². The van der Waals surface area contributed by atoms with Crippen LogP contribution in [0.4, 0.5) is 0 Å². The number of nitrogens with two attached hydrogens (primary N) is 1. The molecule has 0 amide bonds. The number of thioether (sulfide) groups is 1. The minimum absolute atomic E-state index is 0.0172. The largest absolute Gasteiger partial charge is 0.455 e. The molecule has 0 aliphatic heterocycles. The van der Waals surface area contributed by atoms with Gasteiger partial charge in [0.15, 0.2) is 0 Å². The van der Waals surface area contributed by atoms with E-state index < -0.39 is 0 Å². The molecule has 0 aliphatic carbocycles. The minimum atomic E-state index is 0.0172. The number of hydrogen-bond acceptors (Lipinski definition) is 3. The van der Waals surface area contributed by atoms with Crippen LogP contribution in [0.2, 0.25) is 0 Å². The molecule has 2 aromatic carbocycles. The minimum Gasteiger partial charge on any atom is -0.455 e. The number of halogens is 1. The molecular weight excluding hydrogens is 336 g/mol. The van der Waals surface area contributed by atoms with E-state index in [2.05, 4.69) is 22.9 Å². The standard InChI is InChI=1S/C15H15BrN2OS/c1-2-20-13-9-5-8-12(14(13)15(17)18)19-11-7-4-3-6-10(11)16/h3-9H,2H2,1H3,(H3,17,18). The Morgan fingerprint density at radius 2 is 1.90 bits per heavy atom. The Morgan fingerprint density at radius 1 is 1.20 bits per heavy atom. The lowest BCUT2D eigenvalue weighted by atomic mass is 10.2. The number of amidine groups is 1. The highest BCUT2D eigenvalue weighted by molar-refractivity contribution is 9.10. The second-order valence-corrected chi connectivity index (χ2v) is 6.17. The molecule has 0 bridgehead atoms. The molecule has 2 rings (SSSR count). The van der Waals surface area contributed by atoms with Crippen molar-refractivity contribution in [2.45, 2.75) is 11.8 Å². The predicted octanol–water partition coefficient (Wildman–Crippen LogP) is 4.64.